The third-order valence-electron chi connectivity index (χ3n) is 2.01. The minimum absolute atomic E-state index is 0.759. The van der Waals surface area contributed by atoms with Gasteiger partial charge in [0.1, 0.15) is 5.82 Å². The average molecular weight is 299 g/mol. The molecule has 84 valence electrons. The number of hydrogen-bond acceptors (Lipinski definition) is 4. The van der Waals surface area contributed by atoms with E-state index in [9.17, 15) is 0 Å². The summed E-state index contributed by atoms with van der Waals surface area (Å²) in [7, 11) is 0. The quantitative estimate of drug-likeness (QED) is 0.675. The number of hydrogen-bond donors (Lipinski definition) is 2. The van der Waals surface area contributed by atoms with Crippen LogP contribution in [0.3, 0.4) is 0 Å². The molecule has 0 amide bonds. The monoisotopic (exact) mass is 298 g/mol. The summed E-state index contributed by atoms with van der Waals surface area (Å²) in [6, 6.07) is 5.80. The summed E-state index contributed by atoms with van der Waals surface area (Å²) in [6.07, 6.45) is 0. The number of anilines is 1. The molecule has 0 aliphatic carbocycles. The summed E-state index contributed by atoms with van der Waals surface area (Å²) in [5.74, 6) is 1.65. The Kier molecular flexibility index (Phi) is 3.50. The summed E-state index contributed by atoms with van der Waals surface area (Å²) in [5.41, 5.74) is 7.61. The molecule has 4 nitrogen and oxygen atoms in total. The predicted octanol–water partition coefficient (Wildman–Crippen LogP) is 2.75. The molecule has 0 fully saturated rings. The fourth-order valence-corrected chi connectivity index (χ4v) is 2.78. The third kappa shape index (κ3) is 2.76. The molecule has 2 aromatic rings. The number of aromatic amines is 1. The summed E-state index contributed by atoms with van der Waals surface area (Å²) >= 11 is 5.07. The van der Waals surface area contributed by atoms with Crippen LogP contribution in [0.1, 0.15) is 11.4 Å². The van der Waals surface area contributed by atoms with Gasteiger partial charge in [0.15, 0.2) is 0 Å². The van der Waals surface area contributed by atoms with Gasteiger partial charge in [-0.25, -0.2) is 4.98 Å². The van der Waals surface area contributed by atoms with Crippen molar-refractivity contribution < 1.29 is 0 Å². The van der Waals surface area contributed by atoms with E-state index in [0.717, 1.165) is 26.9 Å². The standard InChI is InChI=1S/C10H11BrN4S/c1-6-13-10(15-14-6)16-5-7-2-3-8(12)4-9(7)11/h2-4H,5,12H2,1H3,(H,13,14,15). The van der Waals surface area contributed by atoms with Crippen LogP contribution in [0.25, 0.3) is 0 Å². The maximum Gasteiger partial charge on any atom is 0.208 e. The summed E-state index contributed by atoms with van der Waals surface area (Å²) in [5, 5.41) is 7.64. The number of nitrogens with two attached hydrogens (primary N) is 1. The second kappa shape index (κ2) is 4.88. The van der Waals surface area contributed by atoms with E-state index in [1.54, 1.807) is 11.8 Å². The second-order valence-electron chi connectivity index (χ2n) is 3.34. The molecule has 0 spiro atoms. The Balaban J connectivity index is 2.04. The van der Waals surface area contributed by atoms with E-state index in [0.29, 0.717) is 0 Å². The van der Waals surface area contributed by atoms with Crippen LogP contribution in [0, 0.1) is 6.92 Å². The van der Waals surface area contributed by atoms with E-state index in [2.05, 4.69) is 31.1 Å². The van der Waals surface area contributed by atoms with Crippen LogP contribution < -0.4 is 5.73 Å². The fourth-order valence-electron chi connectivity index (χ4n) is 1.21. The minimum atomic E-state index is 0.759. The Morgan fingerprint density at radius 2 is 2.31 bits per heavy atom. The van der Waals surface area contributed by atoms with Crippen molar-refractivity contribution >= 4 is 33.4 Å². The molecule has 1 aromatic heterocycles. The molecule has 0 atom stereocenters. The van der Waals surface area contributed by atoms with Crippen LogP contribution in [0.2, 0.25) is 0 Å². The van der Waals surface area contributed by atoms with Crippen molar-refractivity contribution in [1.82, 2.24) is 15.2 Å². The Bertz CT molecular complexity index is 497. The lowest BCUT2D eigenvalue weighted by Crippen LogP contribution is -1.88. The number of nitrogens with zero attached hydrogens (tertiary/aromatic N) is 2. The third-order valence-corrected chi connectivity index (χ3v) is 3.64. The maximum atomic E-state index is 5.67. The molecule has 0 bridgehead atoms. The molecular weight excluding hydrogens is 288 g/mol. The molecule has 0 unspecified atom stereocenters. The SMILES string of the molecule is Cc1nc(SCc2ccc(N)cc2Br)n[nH]1. The number of nitrogens with one attached hydrogen (secondary N) is 1. The van der Waals surface area contributed by atoms with Crippen molar-refractivity contribution in [2.45, 2.75) is 17.8 Å². The molecule has 0 aliphatic heterocycles. The zero-order valence-corrected chi connectivity index (χ0v) is 11.1. The number of H-pyrrole nitrogens is 1. The highest BCUT2D eigenvalue weighted by molar-refractivity contribution is 9.10. The molecule has 3 N–H and O–H groups in total. The van der Waals surface area contributed by atoms with Gasteiger partial charge in [0, 0.05) is 15.9 Å². The van der Waals surface area contributed by atoms with Crippen LogP contribution >= 0.6 is 27.7 Å². The Morgan fingerprint density at radius 3 is 2.94 bits per heavy atom. The smallest absolute Gasteiger partial charge is 0.208 e. The van der Waals surface area contributed by atoms with E-state index in [-0.39, 0.29) is 0 Å². The zero-order valence-electron chi connectivity index (χ0n) is 8.70. The second-order valence-corrected chi connectivity index (χ2v) is 5.14. The van der Waals surface area contributed by atoms with Gasteiger partial charge in [-0.1, -0.05) is 33.8 Å². The number of nitrogen functional groups attached to an aromatic ring is 1. The lowest BCUT2D eigenvalue weighted by Gasteiger charge is -2.03. The van der Waals surface area contributed by atoms with Crippen molar-refractivity contribution in [3.63, 3.8) is 0 Å². The first-order chi connectivity index (χ1) is 7.65. The van der Waals surface area contributed by atoms with E-state index < -0.39 is 0 Å². The Labute approximate surface area is 106 Å². The van der Waals surface area contributed by atoms with Gasteiger partial charge < -0.3 is 5.73 Å². The lowest BCUT2D eigenvalue weighted by atomic mass is 10.2. The van der Waals surface area contributed by atoms with Crippen LogP contribution in [-0.2, 0) is 5.75 Å². The summed E-state index contributed by atoms with van der Waals surface area (Å²) in [4.78, 5) is 4.23. The Morgan fingerprint density at radius 1 is 1.50 bits per heavy atom. The highest BCUT2D eigenvalue weighted by Gasteiger charge is 2.04. The van der Waals surface area contributed by atoms with Crippen LogP contribution in [0.5, 0.6) is 0 Å². The average Bonchev–Trinajstić information content (AvgIpc) is 2.63. The molecule has 0 saturated carbocycles. The number of thioether (sulfide) groups is 1. The van der Waals surface area contributed by atoms with Gasteiger partial charge in [0.25, 0.3) is 0 Å². The maximum absolute atomic E-state index is 5.67. The summed E-state index contributed by atoms with van der Waals surface area (Å²) < 4.78 is 1.02. The first kappa shape index (κ1) is 11.5. The first-order valence-corrected chi connectivity index (χ1v) is 6.49. The molecule has 16 heavy (non-hydrogen) atoms. The largest absolute Gasteiger partial charge is 0.399 e. The predicted molar refractivity (Wildman–Crippen MR) is 69.2 cm³/mol. The number of benzene rings is 1. The van der Waals surface area contributed by atoms with Gasteiger partial charge in [-0.15, -0.1) is 5.10 Å². The van der Waals surface area contributed by atoms with Gasteiger partial charge in [0.2, 0.25) is 5.16 Å². The molecular formula is C10H11BrN4S. The fraction of sp³-hybridized carbons (Fsp3) is 0.200. The Hall–Kier alpha value is -1.01. The molecule has 0 radical (unpaired) electrons. The van der Waals surface area contributed by atoms with E-state index in [1.165, 1.54) is 5.56 Å². The molecule has 0 saturated heterocycles. The van der Waals surface area contributed by atoms with Gasteiger partial charge in [-0.3, -0.25) is 5.10 Å². The number of aryl methyl sites for hydroxylation is 1. The van der Waals surface area contributed by atoms with Crippen molar-refractivity contribution in [3.05, 3.63) is 34.1 Å². The molecule has 2 rings (SSSR count). The van der Waals surface area contributed by atoms with Gasteiger partial charge in [-0.2, -0.15) is 0 Å². The highest BCUT2D eigenvalue weighted by atomic mass is 79.9. The first-order valence-electron chi connectivity index (χ1n) is 4.71. The van der Waals surface area contributed by atoms with Crippen LogP contribution in [0.15, 0.2) is 27.8 Å². The molecule has 6 heteroatoms. The van der Waals surface area contributed by atoms with Gasteiger partial charge in [-0.05, 0) is 24.6 Å². The van der Waals surface area contributed by atoms with Crippen molar-refractivity contribution in [1.29, 1.82) is 0 Å². The number of rotatable bonds is 3. The minimum Gasteiger partial charge on any atom is -0.399 e. The zero-order chi connectivity index (χ0) is 11.5. The van der Waals surface area contributed by atoms with Gasteiger partial charge >= 0.3 is 0 Å². The van der Waals surface area contributed by atoms with Crippen LogP contribution in [0.4, 0.5) is 5.69 Å². The molecule has 1 heterocycles. The lowest BCUT2D eigenvalue weighted by molar-refractivity contribution is 0.969. The number of aromatic nitrogens is 3. The van der Waals surface area contributed by atoms with E-state index in [4.69, 9.17) is 5.73 Å². The van der Waals surface area contributed by atoms with Crippen molar-refractivity contribution in [3.8, 4) is 0 Å². The van der Waals surface area contributed by atoms with Gasteiger partial charge in [0.05, 0.1) is 0 Å². The highest BCUT2D eigenvalue weighted by Crippen LogP contribution is 2.26. The molecule has 1 aromatic carbocycles. The van der Waals surface area contributed by atoms with E-state index in [1.807, 2.05) is 25.1 Å². The summed E-state index contributed by atoms with van der Waals surface area (Å²) in [6.45, 7) is 1.89. The van der Waals surface area contributed by atoms with Crippen LogP contribution in [-0.4, -0.2) is 15.2 Å². The van der Waals surface area contributed by atoms with E-state index >= 15 is 0 Å². The van der Waals surface area contributed by atoms with Crippen molar-refractivity contribution in [2.24, 2.45) is 0 Å². The van der Waals surface area contributed by atoms with Crippen molar-refractivity contribution in [2.75, 3.05) is 5.73 Å². The number of halogens is 1. The normalized spacial score (nSPS) is 10.6. The molecule has 0 aliphatic rings. The topological polar surface area (TPSA) is 67.6 Å².